The Bertz CT molecular complexity index is 515. The molecule has 0 amide bonds. The molecule has 1 saturated heterocycles. The van der Waals surface area contributed by atoms with Crippen molar-refractivity contribution in [3.8, 4) is 0 Å². The second-order valence-electron chi connectivity index (χ2n) is 5.63. The first-order valence-corrected chi connectivity index (χ1v) is 7.83. The zero-order valence-electron chi connectivity index (χ0n) is 10.4. The highest BCUT2D eigenvalue weighted by Gasteiger charge is 2.36. The first kappa shape index (κ1) is 10.9. The van der Waals surface area contributed by atoms with Crippen molar-refractivity contribution in [3.63, 3.8) is 0 Å². The van der Waals surface area contributed by atoms with Crippen LogP contribution in [-0.2, 0) is 0 Å². The van der Waals surface area contributed by atoms with Crippen LogP contribution in [0.5, 0.6) is 0 Å². The molecule has 0 radical (unpaired) electrons. The first-order valence-electron chi connectivity index (χ1n) is 7.02. The molecule has 1 aromatic heterocycles. The molecule has 94 valence electrons. The number of benzene rings is 1. The van der Waals surface area contributed by atoms with E-state index < -0.39 is 0 Å². The van der Waals surface area contributed by atoms with E-state index in [9.17, 15) is 0 Å². The molecule has 0 bridgehead atoms. The monoisotopic (exact) mass is 258 g/mol. The van der Waals surface area contributed by atoms with E-state index in [1.807, 2.05) is 11.3 Å². The zero-order valence-corrected chi connectivity index (χ0v) is 11.2. The standard InChI is InChI=1S/C15H18N2S/c1-2-6-11-10(5-1)9-13(16-11)15-17-12-7-3-4-8-14(12)18-15/h3-4,7-8,10-11,13,16H,1-2,5-6,9H2. The second kappa shape index (κ2) is 4.32. The van der Waals surface area contributed by atoms with Crippen LogP contribution in [-0.4, -0.2) is 11.0 Å². The molecule has 2 aromatic rings. The second-order valence-corrected chi connectivity index (χ2v) is 6.69. The Balaban J connectivity index is 1.63. The van der Waals surface area contributed by atoms with Gasteiger partial charge in [0.2, 0.25) is 0 Å². The quantitative estimate of drug-likeness (QED) is 0.839. The molecule has 1 aliphatic heterocycles. The van der Waals surface area contributed by atoms with Gasteiger partial charge in [-0.15, -0.1) is 11.3 Å². The minimum Gasteiger partial charge on any atom is -0.305 e. The zero-order chi connectivity index (χ0) is 11.9. The highest BCUT2D eigenvalue weighted by molar-refractivity contribution is 7.18. The van der Waals surface area contributed by atoms with Gasteiger partial charge in [0.05, 0.1) is 16.3 Å². The number of thiazole rings is 1. The fourth-order valence-corrected chi connectivity index (χ4v) is 4.59. The summed E-state index contributed by atoms with van der Waals surface area (Å²) in [5.41, 5.74) is 1.16. The van der Waals surface area contributed by atoms with E-state index in [4.69, 9.17) is 4.98 Å². The van der Waals surface area contributed by atoms with Crippen LogP contribution in [0.15, 0.2) is 24.3 Å². The molecule has 3 atom stereocenters. The summed E-state index contributed by atoms with van der Waals surface area (Å²) in [5.74, 6) is 0.899. The Morgan fingerprint density at radius 3 is 2.94 bits per heavy atom. The predicted octanol–water partition coefficient (Wildman–Crippen LogP) is 3.89. The number of hydrogen-bond acceptors (Lipinski definition) is 3. The van der Waals surface area contributed by atoms with Crippen LogP contribution in [0.25, 0.3) is 10.2 Å². The average molecular weight is 258 g/mol. The number of nitrogens with zero attached hydrogens (tertiary/aromatic N) is 1. The molecule has 1 saturated carbocycles. The Kier molecular flexibility index (Phi) is 2.63. The average Bonchev–Trinajstić information content (AvgIpc) is 3.02. The first-order chi connectivity index (χ1) is 8.90. The van der Waals surface area contributed by atoms with Crippen molar-refractivity contribution in [2.75, 3.05) is 0 Å². The molecule has 0 spiro atoms. The van der Waals surface area contributed by atoms with Crippen molar-refractivity contribution < 1.29 is 0 Å². The van der Waals surface area contributed by atoms with Crippen LogP contribution in [0.2, 0.25) is 0 Å². The van der Waals surface area contributed by atoms with Gasteiger partial charge in [0.25, 0.3) is 0 Å². The molecule has 2 fully saturated rings. The minimum absolute atomic E-state index is 0.510. The number of nitrogens with one attached hydrogen (secondary N) is 1. The van der Waals surface area contributed by atoms with Crippen molar-refractivity contribution in [1.29, 1.82) is 0 Å². The Morgan fingerprint density at radius 1 is 1.17 bits per heavy atom. The van der Waals surface area contributed by atoms with Crippen LogP contribution in [0.3, 0.4) is 0 Å². The van der Waals surface area contributed by atoms with Gasteiger partial charge < -0.3 is 5.32 Å². The summed E-state index contributed by atoms with van der Waals surface area (Å²) in [6, 6.07) is 9.75. The van der Waals surface area contributed by atoms with E-state index >= 15 is 0 Å². The van der Waals surface area contributed by atoms with Crippen LogP contribution in [0, 0.1) is 5.92 Å². The number of para-hydroxylation sites is 1. The van der Waals surface area contributed by atoms with Gasteiger partial charge in [-0.2, -0.15) is 0 Å². The molecule has 3 unspecified atom stereocenters. The summed E-state index contributed by atoms with van der Waals surface area (Å²) < 4.78 is 1.32. The van der Waals surface area contributed by atoms with E-state index in [0.717, 1.165) is 17.5 Å². The largest absolute Gasteiger partial charge is 0.305 e. The third-order valence-corrected chi connectivity index (χ3v) is 5.62. The number of hydrogen-bond donors (Lipinski definition) is 1. The Morgan fingerprint density at radius 2 is 2.06 bits per heavy atom. The van der Waals surface area contributed by atoms with E-state index in [1.165, 1.54) is 41.8 Å². The van der Waals surface area contributed by atoms with Crippen LogP contribution >= 0.6 is 11.3 Å². The van der Waals surface area contributed by atoms with Gasteiger partial charge in [-0.25, -0.2) is 4.98 Å². The van der Waals surface area contributed by atoms with Crippen LogP contribution < -0.4 is 5.32 Å². The molecule has 1 N–H and O–H groups in total. The fourth-order valence-electron chi connectivity index (χ4n) is 3.55. The van der Waals surface area contributed by atoms with Crippen molar-refractivity contribution in [2.24, 2.45) is 5.92 Å². The van der Waals surface area contributed by atoms with E-state index in [2.05, 4.69) is 29.6 Å². The van der Waals surface area contributed by atoms with Gasteiger partial charge in [0.15, 0.2) is 0 Å². The van der Waals surface area contributed by atoms with Gasteiger partial charge in [-0.05, 0) is 37.3 Å². The molecule has 1 aromatic carbocycles. The van der Waals surface area contributed by atoms with Crippen molar-refractivity contribution in [2.45, 2.75) is 44.2 Å². The maximum absolute atomic E-state index is 4.81. The third-order valence-electron chi connectivity index (χ3n) is 4.47. The molecule has 2 nitrogen and oxygen atoms in total. The fraction of sp³-hybridized carbons (Fsp3) is 0.533. The smallest absolute Gasteiger partial charge is 0.111 e. The molecule has 4 rings (SSSR count). The summed E-state index contributed by atoms with van der Waals surface area (Å²) in [5, 5.41) is 5.11. The summed E-state index contributed by atoms with van der Waals surface area (Å²) >= 11 is 1.87. The molecular weight excluding hydrogens is 240 g/mol. The maximum atomic E-state index is 4.81. The number of fused-ring (bicyclic) bond motifs is 2. The number of aromatic nitrogens is 1. The number of rotatable bonds is 1. The predicted molar refractivity (Wildman–Crippen MR) is 75.9 cm³/mol. The minimum atomic E-state index is 0.510. The van der Waals surface area contributed by atoms with Gasteiger partial charge >= 0.3 is 0 Å². The molecule has 18 heavy (non-hydrogen) atoms. The third kappa shape index (κ3) is 1.77. The highest BCUT2D eigenvalue weighted by Crippen LogP contribution is 2.40. The summed E-state index contributed by atoms with van der Waals surface area (Å²) in [6.07, 6.45) is 6.91. The van der Waals surface area contributed by atoms with Gasteiger partial charge in [0.1, 0.15) is 5.01 Å². The van der Waals surface area contributed by atoms with Crippen molar-refractivity contribution in [1.82, 2.24) is 10.3 Å². The van der Waals surface area contributed by atoms with E-state index in [-0.39, 0.29) is 0 Å². The molecule has 2 heterocycles. The van der Waals surface area contributed by atoms with Gasteiger partial charge in [-0.1, -0.05) is 25.0 Å². The van der Waals surface area contributed by atoms with Gasteiger partial charge in [-0.3, -0.25) is 0 Å². The Hall–Kier alpha value is -0.930. The molecule has 3 heteroatoms. The van der Waals surface area contributed by atoms with Crippen LogP contribution in [0.1, 0.15) is 43.2 Å². The van der Waals surface area contributed by atoms with E-state index in [1.54, 1.807) is 0 Å². The van der Waals surface area contributed by atoms with Crippen molar-refractivity contribution >= 4 is 21.6 Å². The van der Waals surface area contributed by atoms with Crippen molar-refractivity contribution in [3.05, 3.63) is 29.3 Å². The molecular formula is C15H18N2S. The lowest BCUT2D eigenvalue weighted by Crippen LogP contribution is -2.30. The Labute approximate surface area is 111 Å². The van der Waals surface area contributed by atoms with Gasteiger partial charge in [0, 0.05) is 6.04 Å². The van der Waals surface area contributed by atoms with Crippen LogP contribution in [0.4, 0.5) is 0 Å². The SMILES string of the molecule is c1ccc2sc(C3CC4CCCCC4N3)nc2c1. The lowest BCUT2D eigenvalue weighted by molar-refractivity contribution is 0.325. The lowest BCUT2D eigenvalue weighted by atomic mass is 9.85. The molecule has 2 aliphatic rings. The summed E-state index contributed by atoms with van der Waals surface area (Å²) in [7, 11) is 0. The maximum Gasteiger partial charge on any atom is 0.111 e. The molecule has 1 aliphatic carbocycles. The lowest BCUT2D eigenvalue weighted by Gasteiger charge is -2.24. The highest BCUT2D eigenvalue weighted by atomic mass is 32.1. The van der Waals surface area contributed by atoms with E-state index in [0.29, 0.717) is 6.04 Å². The summed E-state index contributed by atoms with van der Waals surface area (Å²) in [4.78, 5) is 4.81. The summed E-state index contributed by atoms with van der Waals surface area (Å²) in [6.45, 7) is 0. The topological polar surface area (TPSA) is 24.9 Å². The normalized spacial score (nSPS) is 31.7.